The van der Waals surface area contributed by atoms with Crippen LogP contribution in [0.3, 0.4) is 0 Å². The number of ether oxygens (including phenoxy) is 1. The normalized spacial score (nSPS) is 10.0. The lowest BCUT2D eigenvalue weighted by Gasteiger charge is -2.07. The van der Waals surface area contributed by atoms with E-state index in [1.165, 1.54) is 14.0 Å². The van der Waals surface area contributed by atoms with Crippen LogP contribution in [0.1, 0.15) is 12.5 Å². The third kappa shape index (κ3) is 3.18. The molecule has 88 valence electrons. The van der Waals surface area contributed by atoms with Gasteiger partial charge in [-0.3, -0.25) is 4.79 Å². The Hall–Kier alpha value is -1.65. The molecule has 1 amide bonds. The Labute approximate surface area is 92.4 Å². The second-order valence-corrected chi connectivity index (χ2v) is 3.31. The Bertz CT molecular complexity index is 394. The first-order valence-electron chi connectivity index (χ1n) is 4.81. The largest absolute Gasteiger partial charge is 0.494 e. The molecule has 0 saturated carbocycles. The monoisotopic (exact) mass is 229 g/mol. The molecule has 16 heavy (non-hydrogen) atoms. The number of halogens is 2. The predicted molar refractivity (Wildman–Crippen MR) is 55.3 cm³/mol. The number of benzene rings is 1. The lowest BCUT2D eigenvalue weighted by atomic mass is 10.1. The predicted octanol–water partition coefficient (Wildman–Crippen LogP) is 1.65. The minimum Gasteiger partial charge on any atom is -0.494 e. The van der Waals surface area contributed by atoms with Crippen molar-refractivity contribution in [1.29, 1.82) is 0 Å². The van der Waals surface area contributed by atoms with Crippen molar-refractivity contribution in [3.05, 3.63) is 29.3 Å². The third-order valence-electron chi connectivity index (χ3n) is 2.09. The minimum absolute atomic E-state index is 0.124. The van der Waals surface area contributed by atoms with E-state index < -0.39 is 11.6 Å². The van der Waals surface area contributed by atoms with Gasteiger partial charge in [-0.25, -0.2) is 8.78 Å². The Morgan fingerprint density at radius 2 is 2.06 bits per heavy atom. The van der Waals surface area contributed by atoms with Gasteiger partial charge in [-0.05, 0) is 18.1 Å². The molecule has 0 saturated heterocycles. The van der Waals surface area contributed by atoms with Gasteiger partial charge in [0, 0.05) is 19.5 Å². The Kier molecular flexibility index (Phi) is 4.22. The highest BCUT2D eigenvalue weighted by molar-refractivity contribution is 5.72. The van der Waals surface area contributed by atoms with E-state index in [9.17, 15) is 13.6 Å². The van der Waals surface area contributed by atoms with Crippen LogP contribution in [-0.2, 0) is 11.2 Å². The summed E-state index contributed by atoms with van der Waals surface area (Å²) in [6.45, 7) is 1.64. The maximum Gasteiger partial charge on any atom is 0.216 e. The fraction of sp³-hybridized carbons (Fsp3) is 0.364. The molecule has 0 aliphatic carbocycles. The summed E-state index contributed by atoms with van der Waals surface area (Å²) < 4.78 is 31.3. The molecule has 0 unspecified atom stereocenters. The molecule has 0 radical (unpaired) electrons. The summed E-state index contributed by atoms with van der Waals surface area (Å²) in [6.07, 6.45) is 0.242. The highest BCUT2D eigenvalue weighted by atomic mass is 19.1. The molecule has 5 heteroatoms. The molecule has 1 aromatic carbocycles. The number of rotatable bonds is 4. The summed E-state index contributed by atoms with van der Waals surface area (Å²) >= 11 is 0. The van der Waals surface area contributed by atoms with Gasteiger partial charge in [0.15, 0.2) is 11.6 Å². The minimum atomic E-state index is -0.610. The molecular formula is C11H13F2NO2. The van der Waals surface area contributed by atoms with Crippen molar-refractivity contribution in [3.63, 3.8) is 0 Å². The fourth-order valence-corrected chi connectivity index (χ4v) is 1.29. The van der Waals surface area contributed by atoms with E-state index in [1.807, 2.05) is 0 Å². The summed E-state index contributed by atoms with van der Waals surface area (Å²) in [4.78, 5) is 10.6. The van der Waals surface area contributed by atoms with Gasteiger partial charge in [0.25, 0.3) is 0 Å². The van der Waals surface area contributed by atoms with Crippen molar-refractivity contribution in [2.75, 3.05) is 13.7 Å². The molecule has 0 spiro atoms. The van der Waals surface area contributed by atoms with Crippen LogP contribution in [0.25, 0.3) is 0 Å². The van der Waals surface area contributed by atoms with E-state index in [4.69, 9.17) is 0 Å². The average Bonchev–Trinajstić information content (AvgIpc) is 2.22. The first-order valence-corrected chi connectivity index (χ1v) is 4.81. The molecule has 0 aliphatic heterocycles. The molecule has 0 heterocycles. The molecule has 1 N–H and O–H groups in total. The molecule has 0 fully saturated rings. The van der Waals surface area contributed by atoms with Crippen molar-refractivity contribution >= 4 is 5.91 Å². The standard InChI is InChI=1S/C11H13F2NO2/c1-7(15)14-4-3-8-5-10(13)11(16-2)6-9(8)12/h5-6H,3-4H2,1-2H3,(H,14,15). The zero-order valence-electron chi connectivity index (χ0n) is 9.14. The number of carbonyl (C=O) groups is 1. The van der Waals surface area contributed by atoms with Gasteiger partial charge in [-0.1, -0.05) is 0 Å². The third-order valence-corrected chi connectivity index (χ3v) is 2.09. The number of amides is 1. The number of hydrogen-bond donors (Lipinski definition) is 1. The summed E-state index contributed by atoms with van der Waals surface area (Å²) in [6, 6.07) is 2.08. The smallest absolute Gasteiger partial charge is 0.216 e. The van der Waals surface area contributed by atoms with Crippen molar-refractivity contribution in [2.24, 2.45) is 0 Å². The van der Waals surface area contributed by atoms with Gasteiger partial charge < -0.3 is 10.1 Å². The van der Waals surface area contributed by atoms with Crippen LogP contribution in [-0.4, -0.2) is 19.6 Å². The molecule has 1 rings (SSSR count). The molecule has 0 atom stereocenters. The molecular weight excluding hydrogens is 216 g/mol. The molecule has 0 bridgehead atoms. The first-order chi connectivity index (χ1) is 7.54. The molecule has 0 aromatic heterocycles. The molecule has 3 nitrogen and oxygen atoms in total. The van der Waals surface area contributed by atoms with Gasteiger partial charge in [-0.2, -0.15) is 0 Å². The van der Waals surface area contributed by atoms with Crippen LogP contribution in [0.4, 0.5) is 8.78 Å². The van der Waals surface area contributed by atoms with E-state index in [1.54, 1.807) is 0 Å². The summed E-state index contributed by atoms with van der Waals surface area (Å²) in [5.41, 5.74) is 0.215. The van der Waals surface area contributed by atoms with E-state index >= 15 is 0 Å². The van der Waals surface area contributed by atoms with E-state index in [0.717, 1.165) is 12.1 Å². The maximum absolute atomic E-state index is 13.4. The fourth-order valence-electron chi connectivity index (χ4n) is 1.29. The summed E-state index contributed by atoms with van der Waals surface area (Å²) in [5.74, 6) is -1.47. The van der Waals surface area contributed by atoms with Crippen molar-refractivity contribution < 1.29 is 18.3 Å². The second kappa shape index (κ2) is 5.44. The summed E-state index contributed by atoms with van der Waals surface area (Å²) in [7, 11) is 1.27. The van der Waals surface area contributed by atoms with Crippen molar-refractivity contribution in [3.8, 4) is 5.75 Å². The van der Waals surface area contributed by atoms with Crippen molar-refractivity contribution in [1.82, 2.24) is 5.32 Å². The van der Waals surface area contributed by atoms with Crippen LogP contribution in [0.2, 0.25) is 0 Å². The van der Waals surface area contributed by atoms with E-state index in [-0.39, 0.29) is 30.2 Å². The van der Waals surface area contributed by atoms with Crippen molar-refractivity contribution in [2.45, 2.75) is 13.3 Å². The number of hydrogen-bond acceptors (Lipinski definition) is 2. The zero-order valence-corrected chi connectivity index (χ0v) is 9.14. The van der Waals surface area contributed by atoms with Crippen LogP contribution in [0, 0.1) is 11.6 Å². The van der Waals surface area contributed by atoms with Crippen LogP contribution >= 0.6 is 0 Å². The lowest BCUT2D eigenvalue weighted by Crippen LogP contribution is -2.22. The molecule has 0 aliphatic rings. The van der Waals surface area contributed by atoms with Gasteiger partial charge in [0.2, 0.25) is 5.91 Å². The van der Waals surface area contributed by atoms with E-state index in [0.29, 0.717) is 0 Å². The van der Waals surface area contributed by atoms with Crippen LogP contribution in [0.5, 0.6) is 5.75 Å². The number of methoxy groups -OCH3 is 1. The van der Waals surface area contributed by atoms with Crippen LogP contribution in [0.15, 0.2) is 12.1 Å². The van der Waals surface area contributed by atoms with Gasteiger partial charge in [0.05, 0.1) is 7.11 Å². The number of carbonyl (C=O) groups excluding carboxylic acids is 1. The van der Waals surface area contributed by atoms with E-state index in [2.05, 4.69) is 10.1 Å². The van der Waals surface area contributed by atoms with Gasteiger partial charge in [-0.15, -0.1) is 0 Å². The Morgan fingerprint density at radius 3 is 2.62 bits per heavy atom. The Balaban J connectivity index is 2.73. The zero-order chi connectivity index (χ0) is 12.1. The second-order valence-electron chi connectivity index (χ2n) is 3.31. The summed E-state index contributed by atoms with van der Waals surface area (Å²) in [5, 5.41) is 2.51. The quantitative estimate of drug-likeness (QED) is 0.852. The average molecular weight is 229 g/mol. The molecule has 1 aromatic rings. The highest BCUT2D eigenvalue weighted by Gasteiger charge is 2.10. The lowest BCUT2D eigenvalue weighted by molar-refractivity contribution is -0.118. The first kappa shape index (κ1) is 12.4. The Morgan fingerprint density at radius 1 is 1.38 bits per heavy atom. The number of nitrogens with one attached hydrogen (secondary N) is 1. The highest BCUT2D eigenvalue weighted by Crippen LogP contribution is 2.21. The topological polar surface area (TPSA) is 38.3 Å². The maximum atomic E-state index is 13.4. The van der Waals surface area contributed by atoms with Crippen LogP contribution < -0.4 is 10.1 Å². The van der Waals surface area contributed by atoms with Gasteiger partial charge >= 0.3 is 0 Å². The van der Waals surface area contributed by atoms with Gasteiger partial charge in [0.1, 0.15) is 5.82 Å². The SMILES string of the molecule is COc1cc(F)c(CCNC(C)=O)cc1F.